The molecule has 0 bridgehead atoms. The van der Waals surface area contributed by atoms with E-state index in [1.54, 1.807) is 0 Å². The van der Waals surface area contributed by atoms with Crippen LogP contribution in [0.25, 0.3) is 10.8 Å². The maximum absolute atomic E-state index is 13.9. The molecular formula is C26H24O7. The minimum absolute atomic E-state index is 0.141. The minimum Gasteiger partial charge on any atom is -0.455 e. The van der Waals surface area contributed by atoms with Crippen LogP contribution in [0.3, 0.4) is 0 Å². The van der Waals surface area contributed by atoms with Crippen molar-refractivity contribution in [3.05, 3.63) is 48.0 Å². The summed E-state index contributed by atoms with van der Waals surface area (Å²) in [5.74, 6) is -1.78. The first-order valence-corrected chi connectivity index (χ1v) is 11.6. The summed E-state index contributed by atoms with van der Waals surface area (Å²) >= 11 is 0. The van der Waals surface area contributed by atoms with Crippen LogP contribution in [0, 0.1) is 11.8 Å². The highest BCUT2D eigenvalue weighted by atomic mass is 16.7. The Morgan fingerprint density at radius 1 is 0.970 bits per heavy atom. The van der Waals surface area contributed by atoms with Crippen LogP contribution in [0.15, 0.2) is 48.0 Å². The van der Waals surface area contributed by atoms with Gasteiger partial charge in [-0.05, 0) is 30.9 Å². The number of esters is 1. The molecule has 0 aromatic heterocycles. The van der Waals surface area contributed by atoms with Gasteiger partial charge in [-0.2, -0.15) is 0 Å². The number of allylic oxidation sites excluding steroid dienone is 1. The third-order valence-corrected chi connectivity index (χ3v) is 8.23. The molecule has 3 aliphatic heterocycles. The second-order valence-corrected chi connectivity index (χ2v) is 9.81. The number of hydrogen-bond acceptors (Lipinski definition) is 7. The number of aliphatic hydroxyl groups is 1. The lowest BCUT2D eigenvalue weighted by atomic mass is 9.62. The Balaban J connectivity index is 1.33. The SMILES string of the molecule is C[C@H]1O[C@@H]2[C@@H](O)C3C(=CCCC34Oc3cccc5cccc(c35)O4)C(=O)[C@@H]2C12CCC(=O)O2. The van der Waals surface area contributed by atoms with Crippen molar-refractivity contribution < 1.29 is 33.6 Å². The van der Waals surface area contributed by atoms with E-state index in [2.05, 4.69) is 0 Å². The Morgan fingerprint density at radius 3 is 2.36 bits per heavy atom. The van der Waals surface area contributed by atoms with Gasteiger partial charge in [0.1, 0.15) is 11.5 Å². The number of carbonyl (C=O) groups is 2. The summed E-state index contributed by atoms with van der Waals surface area (Å²) in [5.41, 5.74) is -0.538. The number of ketones is 1. The second kappa shape index (κ2) is 6.36. The van der Waals surface area contributed by atoms with Crippen LogP contribution in [0.4, 0.5) is 0 Å². The van der Waals surface area contributed by atoms with Crippen molar-refractivity contribution in [1.29, 1.82) is 0 Å². The maximum Gasteiger partial charge on any atom is 0.306 e. The van der Waals surface area contributed by atoms with E-state index < -0.39 is 41.5 Å². The number of rotatable bonds is 0. The molecule has 0 amide bonds. The Hall–Kier alpha value is -2.90. The van der Waals surface area contributed by atoms with E-state index in [1.165, 1.54) is 0 Å². The molecule has 1 N–H and O–H groups in total. The molecule has 7 heteroatoms. The largest absolute Gasteiger partial charge is 0.455 e. The summed E-state index contributed by atoms with van der Waals surface area (Å²) in [6, 6.07) is 11.7. The van der Waals surface area contributed by atoms with Crippen molar-refractivity contribution in [2.75, 3.05) is 0 Å². The molecule has 1 saturated carbocycles. The normalized spacial score (nSPS) is 37.9. The summed E-state index contributed by atoms with van der Waals surface area (Å²) in [6.07, 6.45) is 1.28. The molecule has 2 aromatic rings. The van der Waals surface area contributed by atoms with E-state index in [-0.39, 0.29) is 18.2 Å². The predicted octanol–water partition coefficient (Wildman–Crippen LogP) is 3.07. The molecule has 7 nitrogen and oxygen atoms in total. The zero-order valence-electron chi connectivity index (χ0n) is 18.2. The van der Waals surface area contributed by atoms with Gasteiger partial charge in [0.05, 0.1) is 35.5 Å². The first-order valence-electron chi connectivity index (χ1n) is 11.6. The van der Waals surface area contributed by atoms with Crippen LogP contribution >= 0.6 is 0 Å². The monoisotopic (exact) mass is 448 g/mol. The molecule has 3 fully saturated rings. The average molecular weight is 448 g/mol. The standard InChI is InChI=1S/C26H24O7/c1-13-25(12-10-18(27)33-25)21-22(28)15-7-4-11-26(20(15)23(29)24(21)30-13)31-16-8-2-5-14-6-3-9-17(32-26)19(14)16/h2-3,5-9,13,20-21,23-24,29H,4,10-12H2,1H3/t13-,20?,21+,23+,24+,25?/m1/s1. The average Bonchev–Trinajstić information content (AvgIpc) is 3.32. The number of aliphatic hydroxyl groups excluding tert-OH is 1. The Bertz CT molecular complexity index is 1210. The van der Waals surface area contributed by atoms with E-state index in [4.69, 9.17) is 18.9 Å². The van der Waals surface area contributed by atoms with Gasteiger partial charge >= 0.3 is 5.97 Å². The van der Waals surface area contributed by atoms with Gasteiger partial charge in [0.15, 0.2) is 11.4 Å². The van der Waals surface area contributed by atoms with E-state index in [9.17, 15) is 14.7 Å². The molecule has 2 spiro atoms. The summed E-state index contributed by atoms with van der Waals surface area (Å²) in [7, 11) is 0. The molecule has 3 heterocycles. The molecule has 2 aliphatic carbocycles. The van der Waals surface area contributed by atoms with Gasteiger partial charge in [-0.3, -0.25) is 9.59 Å². The van der Waals surface area contributed by atoms with Crippen molar-refractivity contribution in [2.24, 2.45) is 11.8 Å². The fourth-order valence-electron chi connectivity index (χ4n) is 6.81. The predicted molar refractivity (Wildman–Crippen MR) is 116 cm³/mol. The smallest absolute Gasteiger partial charge is 0.306 e. The van der Waals surface area contributed by atoms with E-state index in [0.29, 0.717) is 36.3 Å². The van der Waals surface area contributed by atoms with E-state index in [1.807, 2.05) is 49.4 Å². The second-order valence-electron chi connectivity index (χ2n) is 9.81. The van der Waals surface area contributed by atoms with Crippen LogP contribution < -0.4 is 9.47 Å². The Morgan fingerprint density at radius 2 is 1.70 bits per heavy atom. The van der Waals surface area contributed by atoms with E-state index >= 15 is 0 Å². The van der Waals surface area contributed by atoms with Crippen LogP contribution in [0.5, 0.6) is 11.5 Å². The summed E-state index contributed by atoms with van der Waals surface area (Å²) in [5, 5.41) is 13.6. The van der Waals surface area contributed by atoms with Crippen LogP contribution in [0.2, 0.25) is 0 Å². The molecule has 2 saturated heterocycles. The number of carbonyl (C=O) groups excluding carboxylic acids is 2. The summed E-state index contributed by atoms with van der Waals surface area (Å²) in [4.78, 5) is 25.9. The Labute approximate surface area is 190 Å². The fraction of sp³-hybridized carbons (Fsp3) is 0.462. The zero-order valence-corrected chi connectivity index (χ0v) is 18.2. The van der Waals surface area contributed by atoms with Crippen LogP contribution in [0.1, 0.15) is 32.6 Å². The van der Waals surface area contributed by atoms with Crippen LogP contribution in [-0.4, -0.2) is 46.6 Å². The van der Waals surface area contributed by atoms with Crippen molar-refractivity contribution in [2.45, 2.75) is 62.3 Å². The summed E-state index contributed by atoms with van der Waals surface area (Å²) < 4.78 is 24.9. The molecule has 33 heavy (non-hydrogen) atoms. The van der Waals surface area contributed by atoms with Crippen molar-refractivity contribution in [3.8, 4) is 11.5 Å². The van der Waals surface area contributed by atoms with Gasteiger partial charge in [-0.25, -0.2) is 0 Å². The quantitative estimate of drug-likeness (QED) is 0.620. The molecule has 170 valence electrons. The lowest BCUT2D eigenvalue weighted by Crippen LogP contribution is -2.64. The number of benzene rings is 2. The van der Waals surface area contributed by atoms with Gasteiger partial charge in [-0.1, -0.05) is 30.3 Å². The lowest BCUT2D eigenvalue weighted by Gasteiger charge is -2.51. The third kappa shape index (κ3) is 2.36. The minimum atomic E-state index is -1.22. The van der Waals surface area contributed by atoms with Crippen molar-refractivity contribution >= 4 is 22.5 Å². The van der Waals surface area contributed by atoms with E-state index in [0.717, 1.165) is 10.8 Å². The topological polar surface area (TPSA) is 91.3 Å². The number of fused-ring (bicyclic) bond motifs is 4. The molecule has 5 aliphatic rings. The van der Waals surface area contributed by atoms with Gasteiger partial charge in [0, 0.05) is 24.8 Å². The van der Waals surface area contributed by atoms with Gasteiger partial charge in [-0.15, -0.1) is 0 Å². The first-order chi connectivity index (χ1) is 15.9. The molecule has 2 unspecified atom stereocenters. The highest BCUT2D eigenvalue weighted by molar-refractivity contribution is 6.01. The molecule has 6 atom stereocenters. The Kier molecular flexibility index (Phi) is 3.77. The number of Topliss-reactive ketones (excluding diaryl/α,β-unsaturated/α-hetero) is 1. The van der Waals surface area contributed by atoms with Crippen molar-refractivity contribution in [1.82, 2.24) is 0 Å². The maximum atomic E-state index is 13.9. The van der Waals surface area contributed by atoms with Crippen molar-refractivity contribution in [3.63, 3.8) is 0 Å². The van der Waals surface area contributed by atoms with Gasteiger partial charge in [0.25, 0.3) is 5.79 Å². The lowest BCUT2D eigenvalue weighted by molar-refractivity contribution is -0.207. The molecule has 2 aromatic carbocycles. The zero-order chi connectivity index (χ0) is 22.5. The molecule has 0 radical (unpaired) electrons. The summed E-state index contributed by atoms with van der Waals surface area (Å²) in [6.45, 7) is 1.81. The van der Waals surface area contributed by atoms with Crippen LogP contribution in [-0.2, 0) is 19.1 Å². The molecule has 7 rings (SSSR count). The van der Waals surface area contributed by atoms with Gasteiger partial charge in [0.2, 0.25) is 0 Å². The first kappa shape index (κ1) is 19.6. The fourth-order valence-corrected chi connectivity index (χ4v) is 6.81. The highest BCUT2D eigenvalue weighted by Gasteiger charge is 2.70. The van der Waals surface area contributed by atoms with Gasteiger partial charge < -0.3 is 24.1 Å². The number of hydrogen-bond donors (Lipinski definition) is 1. The highest BCUT2D eigenvalue weighted by Crippen LogP contribution is 2.57. The number of ether oxygens (including phenoxy) is 4. The molecular weight excluding hydrogens is 424 g/mol. The third-order valence-electron chi connectivity index (χ3n) is 8.23.